The average molecular weight is 208 g/mol. The normalized spacial score (nSPS) is 40.3. The summed E-state index contributed by atoms with van der Waals surface area (Å²) in [5.74, 6) is 2.45. The lowest BCUT2D eigenvalue weighted by Gasteiger charge is -2.32. The SMILES string of the molecule is CN1CCN(C(=O)C2C3CCCC32)CC1. The first-order valence-electron chi connectivity index (χ1n) is 6.25. The summed E-state index contributed by atoms with van der Waals surface area (Å²) in [5.41, 5.74) is 0. The van der Waals surface area contributed by atoms with E-state index in [9.17, 15) is 4.79 Å². The van der Waals surface area contributed by atoms with E-state index in [0.29, 0.717) is 11.8 Å². The molecule has 0 aromatic heterocycles. The zero-order valence-corrected chi connectivity index (χ0v) is 9.48. The third kappa shape index (κ3) is 1.57. The number of likely N-dealkylation sites (N-methyl/N-ethyl adjacent to an activating group) is 1. The van der Waals surface area contributed by atoms with Crippen LogP contribution in [0.1, 0.15) is 19.3 Å². The first-order valence-corrected chi connectivity index (χ1v) is 6.25. The Kier molecular flexibility index (Phi) is 2.23. The Morgan fingerprint density at radius 3 is 2.27 bits per heavy atom. The molecule has 1 saturated heterocycles. The van der Waals surface area contributed by atoms with Gasteiger partial charge in [-0.15, -0.1) is 0 Å². The second kappa shape index (κ2) is 3.48. The molecule has 0 aromatic carbocycles. The fourth-order valence-corrected chi connectivity index (χ4v) is 3.43. The van der Waals surface area contributed by atoms with E-state index in [-0.39, 0.29) is 0 Å². The summed E-state index contributed by atoms with van der Waals surface area (Å²) in [6.45, 7) is 4.00. The second-order valence-electron chi connectivity index (χ2n) is 5.41. The molecule has 2 aliphatic carbocycles. The number of carbonyl (C=O) groups is 1. The lowest BCUT2D eigenvalue weighted by atomic mass is 10.1. The summed E-state index contributed by atoms with van der Waals surface area (Å²) < 4.78 is 0. The van der Waals surface area contributed by atoms with Crippen LogP contribution < -0.4 is 0 Å². The maximum Gasteiger partial charge on any atom is 0.226 e. The highest BCUT2D eigenvalue weighted by Gasteiger charge is 2.57. The van der Waals surface area contributed by atoms with Gasteiger partial charge in [0.1, 0.15) is 0 Å². The fourth-order valence-electron chi connectivity index (χ4n) is 3.43. The van der Waals surface area contributed by atoms with Crippen LogP contribution in [-0.4, -0.2) is 48.9 Å². The van der Waals surface area contributed by atoms with Crippen molar-refractivity contribution in [1.29, 1.82) is 0 Å². The minimum atomic E-state index is 0.433. The van der Waals surface area contributed by atoms with Crippen LogP contribution in [0.4, 0.5) is 0 Å². The van der Waals surface area contributed by atoms with E-state index in [0.717, 1.165) is 38.0 Å². The topological polar surface area (TPSA) is 23.6 Å². The molecule has 3 fully saturated rings. The Balaban J connectivity index is 1.57. The van der Waals surface area contributed by atoms with E-state index >= 15 is 0 Å². The van der Waals surface area contributed by atoms with Gasteiger partial charge in [0.15, 0.2) is 0 Å². The van der Waals surface area contributed by atoms with Gasteiger partial charge in [-0.3, -0.25) is 4.79 Å². The molecule has 0 spiro atoms. The average Bonchev–Trinajstić information content (AvgIpc) is 2.72. The first-order chi connectivity index (χ1) is 7.27. The number of carbonyl (C=O) groups excluding carboxylic acids is 1. The molecule has 2 saturated carbocycles. The van der Waals surface area contributed by atoms with Gasteiger partial charge in [-0.25, -0.2) is 0 Å². The molecule has 84 valence electrons. The van der Waals surface area contributed by atoms with Crippen molar-refractivity contribution in [3.05, 3.63) is 0 Å². The molecule has 2 atom stereocenters. The summed E-state index contributed by atoms with van der Waals surface area (Å²) in [4.78, 5) is 16.6. The number of nitrogens with zero attached hydrogens (tertiary/aromatic N) is 2. The van der Waals surface area contributed by atoms with Crippen LogP contribution >= 0.6 is 0 Å². The highest BCUT2D eigenvalue weighted by atomic mass is 16.2. The Hall–Kier alpha value is -0.570. The predicted octanol–water partition coefficient (Wildman–Crippen LogP) is 0.806. The van der Waals surface area contributed by atoms with Gasteiger partial charge in [0, 0.05) is 32.1 Å². The highest BCUT2D eigenvalue weighted by molar-refractivity contribution is 5.82. The third-order valence-electron chi connectivity index (χ3n) is 4.51. The Morgan fingerprint density at radius 2 is 1.67 bits per heavy atom. The molecule has 0 radical (unpaired) electrons. The molecule has 3 rings (SSSR count). The molecule has 0 bridgehead atoms. The molecule has 15 heavy (non-hydrogen) atoms. The van der Waals surface area contributed by atoms with Gasteiger partial charge in [0.2, 0.25) is 5.91 Å². The van der Waals surface area contributed by atoms with E-state index < -0.39 is 0 Å². The standard InChI is InChI=1S/C12H20N2O/c1-13-5-7-14(8-6-13)12(15)11-9-3-2-4-10(9)11/h9-11H,2-8H2,1H3. The molecule has 1 heterocycles. The molecule has 0 aromatic rings. The van der Waals surface area contributed by atoms with E-state index in [2.05, 4.69) is 16.8 Å². The van der Waals surface area contributed by atoms with Gasteiger partial charge in [-0.2, -0.15) is 0 Å². The maximum absolute atomic E-state index is 12.2. The van der Waals surface area contributed by atoms with Crippen LogP contribution in [0.25, 0.3) is 0 Å². The number of fused-ring (bicyclic) bond motifs is 1. The molecular weight excluding hydrogens is 188 g/mol. The molecule has 1 amide bonds. The van der Waals surface area contributed by atoms with Crippen molar-refractivity contribution < 1.29 is 4.79 Å². The Labute approximate surface area is 91.4 Å². The summed E-state index contributed by atoms with van der Waals surface area (Å²) in [6, 6.07) is 0. The molecule has 3 nitrogen and oxygen atoms in total. The molecule has 1 aliphatic heterocycles. The number of amides is 1. The van der Waals surface area contributed by atoms with Crippen LogP contribution in [0.2, 0.25) is 0 Å². The minimum absolute atomic E-state index is 0.433. The highest BCUT2D eigenvalue weighted by Crippen LogP contribution is 2.58. The lowest BCUT2D eigenvalue weighted by molar-refractivity contribution is -0.135. The first kappa shape index (κ1) is 9.64. The lowest BCUT2D eigenvalue weighted by Crippen LogP contribution is -2.48. The van der Waals surface area contributed by atoms with Gasteiger partial charge in [0.25, 0.3) is 0 Å². The quantitative estimate of drug-likeness (QED) is 0.636. The summed E-state index contributed by atoms with van der Waals surface area (Å²) in [5, 5.41) is 0. The number of rotatable bonds is 1. The fraction of sp³-hybridized carbons (Fsp3) is 0.917. The van der Waals surface area contributed by atoms with Crippen molar-refractivity contribution in [2.75, 3.05) is 33.2 Å². The molecular formula is C12H20N2O. The Bertz CT molecular complexity index is 261. The van der Waals surface area contributed by atoms with Crippen LogP contribution in [0.3, 0.4) is 0 Å². The van der Waals surface area contributed by atoms with Crippen molar-refractivity contribution in [1.82, 2.24) is 9.80 Å². The number of hydrogen-bond acceptors (Lipinski definition) is 2. The largest absolute Gasteiger partial charge is 0.340 e. The zero-order valence-electron chi connectivity index (χ0n) is 9.48. The summed E-state index contributed by atoms with van der Waals surface area (Å²) in [6.07, 6.45) is 3.99. The monoisotopic (exact) mass is 208 g/mol. The van der Waals surface area contributed by atoms with E-state index in [4.69, 9.17) is 0 Å². The maximum atomic E-state index is 12.2. The van der Waals surface area contributed by atoms with Gasteiger partial charge < -0.3 is 9.80 Å². The predicted molar refractivity (Wildman–Crippen MR) is 58.4 cm³/mol. The van der Waals surface area contributed by atoms with E-state index in [1.54, 1.807) is 0 Å². The molecule has 3 heteroatoms. The van der Waals surface area contributed by atoms with Gasteiger partial charge in [-0.05, 0) is 31.7 Å². The molecule has 3 aliphatic rings. The zero-order chi connectivity index (χ0) is 10.4. The van der Waals surface area contributed by atoms with Crippen molar-refractivity contribution in [2.45, 2.75) is 19.3 Å². The Morgan fingerprint density at radius 1 is 1.07 bits per heavy atom. The smallest absolute Gasteiger partial charge is 0.226 e. The third-order valence-corrected chi connectivity index (χ3v) is 4.51. The van der Waals surface area contributed by atoms with Crippen LogP contribution in [-0.2, 0) is 4.79 Å². The summed E-state index contributed by atoms with van der Waals surface area (Å²) in [7, 11) is 2.13. The molecule has 0 N–H and O–H groups in total. The molecule has 2 unspecified atom stereocenters. The van der Waals surface area contributed by atoms with E-state index in [1.807, 2.05) is 0 Å². The van der Waals surface area contributed by atoms with Crippen LogP contribution in [0, 0.1) is 17.8 Å². The number of hydrogen-bond donors (Lipinski definition) is 0. The van der Waals surface area contributed by atoms with Crippen molar-refractivity contribution in [2.24, 2.45) is 17.8 Å². The van der Waals surface area contributed by atoms with E-state index in [1.165, 1.54) is 19.3 Å². The number of piperazine rings is 1. The van der Waals surface area contributed by atoms with Gasteiger partial charge in [-0.1, -0.05) is 6.42 Å². The van der Waals surface area contributed by atoms with Crippen molar-refractivity contribution in [3.8, 4) is 0 Å². The second-order valence-corrected chi connectivity index (χ2v) is 5.41. The van der Waals surface area contributed by atoms with Crippen LogP contribution in [0.5, 0.6) is 0 Å². The minimum Gasteiger partial charge on any atom is -0.340 e. The summed E-state index contributed by atoms with van der Waals surface area (Å²) >= 11 is 0. The van der Waals surface area contributed by atoms with Crippen LogP contribution in [0.15, 0.2) is 0 Å². The van der Waals surface area contributed by atoms with Gasteiger partial charge >= 0.3 is 0 Å². The van der Waals surface area contributed by atoms with Crippen molar-refractivity contribution >= 4 is 5.91 Å². The van der Waals surface area contributed by atoms with Gasteiger partial charge in [0.05, 0.1) is 0 Å². The van der Waals surface area contributed by atoms with Crippen molar-refractivity contribution in [3.63, 3.8) is 0 Å².